The van der Waals surface area contributed by atoms with E-state index in [-0.39, 0.29) is 25.5 Å². The van der Waals surface area contributed by atoms with Gasteiger partial charge < -0.3 is 15.0 Å². The van der Waals surface area contributed by atoms with Crippen LogP contribution in [0.3, 0.4) is 0 Å². The molecule has 2 aromatic rings. The van der Waals surface area contributed by atoms with Crippen LogP contribution in [0.2, 0.25) is 0 Å². The quantitative estimate of drug-likeness (QED) is 0.411. The van der Waals surface area contributed by atoms with Crippen molar-refractivity contribution >= 4 is 21.8 Å². The van der Waals surface area contributed by atoms with E-state index in [0.717, 1.165) is 21.7 Å². The number of nitrogens with one attached hydrogen (secondary N) is 1. The largest absolute Gasteiger partial charge is 0.382 e. The summed E-state index contributed by atoms with van der Waals surface area (Å²) in [7, 11) is -3.66. The maximum atomic E-state index is 13.4. The third-order valence-electron chi connectivity index (χ3n) is 5.31. The summed E-state index contributed by atoms with van der Waals surface area (Å²) in [4.78, 5) is 27.6. The fourth-order valence-electron chi connectivity index (χ4n) is 3.36. The number of hydrogen-bond donors (Lipinski definition) is 1. The molecule has 0 saturated heterocycles. The molecule has 0 bridgehead atoms. The minimum absolute atomic E-state index is 0.0720. The van der Waals surface area contributed by atoms with Crippen molar-refractivity contribution in [3.63, 3.8) is 0 Å². The van der Waals surface area contributed by atoms with Crippen LogP contribution in [-0.4, -0.2) is 68.0 Å². The summed E-state index contributed by atoms with van der Waals surface area (Å²) in [6.07, 6.45) is 1.75. The number of carbonyl (C=O) groups excluding carboxylic acids is 2. The standard InChI is InChI=1S/C25H35N3O5S/c1-4-33-17-11-16-26-25(30)21(2)28(19-23-14-9-6-10-15-23)24(29)20-27(34(3,31)32)18-22-12-7-5-8-13-22/h5-10,12-15,21H,4,11,16-20H2,1-3H3,(H,26,30)/t21-/m0/s1. The van der Waals surface area contributed by atoms with E-state index in [1.807, 2.05) is 67.6 Å². The van der Waals surface area contributed by atoms with E-state index in [1.54, 1.807) is 6.92 Å². The van der Waals surface area contributed by atoms with E-state index < -0.39 is 22.0 Å². The summed E-state index contributed by atoms with van der Waals surface area (Å²) in [5.74, 6) is -0.739. The second kappa shape index (κ2) is 13.8. The summed E-state index contributed by atoms with van der Waals surface area (Å²) in [5, 5.41) is 2.84. The lowest BCUT2D eigenvalue weighted by molar-refractivity contribution is -0.140. The first-order valence-electron chi connectivity index (χ1n) is 11.4. The Labute approximate surface area is 202 Å². The zero-order chi connectivity index (χ0) is 25.0. The van der Waals surface area contributed by atoms with Crippen LogP contribution in [0, 0.1) is 0 Å². The number of benzene rings is 2. The molecule has 8 nitrogen and oxygen atoms in total. The topological polar surface area (TPSA) is 96.0 Å². The lowest BCUT2D eigenvalue weighted by Gasteiger charge is -2.31. The van der Waals surface area contributed by atoms with Crippen molar-refractivity contribution in [2.24, 2.45) is 0 Å². The number of nitrogens with zero attached hydrogens (tertiary/aromatic N) is 2. The Morgan fingerprint density at radius 2 is 1.53 bits per heavy atom. The van der Waals surface area contributed by atoms with Crippen LogP contribution < -0.4 is 5.32 Å². The maximum Gasteiger partial charge on any atom is 0.242 e. The summed E-state index contributed by atoms with van der Waals surface area (Å²) in [6.45, 7) is 5.05. The van der Waals surface area contributed by atoms with Crippen LogP contribution in [0.25, 0.3) is 0 Å². The molecule has 0 aromatic heterocycles. The average Bonchev–Trinajstić information content (AvgIpc) is 2.82. The van der Waals surface area contributed by atoms with Crippen molar-refractivity contribution in [2.75, 3.05) is 32.6 Å². The lowest BCUT2D eigenvalue weighted by atomic mass is 10.1. The minimum Gasteiger partial charge on any atom is -0.382 e. The molecule has 0 spiro atoms. The molecular formula is C25H35N3O5S. The molecule has 0 fully saturated rings. The Hall–Kier alpha value is -2.75. The molecule has 0 radical (unpaired) electrons. The SMILES string of the molecule is CCOCCCNC(=O)[C@H](C)N(Cc1ccccc1)C(=O)CN(Cc1ccccc1)S(C)(=O)=O. The Morgan fingerprint density at radius 1 is 0.971 bits per heavy atom. The third kappa shape index (κ3) is 9.24. The van der Waals surface area contributed by atoms with E-state index in [9.17, 15) is 18.0 Å². The van der Waals surface area contributed by atoms with Gasteiger partial charge in [0.15, 0.2) is 0 Å². The van der Waals surface area contributed by atoms with Gasteiger partial charge >= 0.3 is 0 Å². The Bertz CT molecular complexity index is 1000. The molecule has 2 rings (SSSR count). The number of amides is 2. The first-order valence-corrected chi connectivity index (χ1v) is 13.2. The van der Waals surface area contributed by atoms with Crippen molar-refractivity contribution in [3.05, 3.63) is 71.8 Å². The van der Waals surface area contributed by atoms with Crippen LogP contribution in [0.1, 0.15) is 31.4 Å². The molecule has 2 aromatic carbocycles. The van der Waals surface area contributed by atoms with Crippen molar-refractivity contribution in [2.45, 2.75) is 39.4 Å². The highest BCUT2D eigenvalue weighted by Crippen LogP contribution is 2.13. The third-order valence-corrected chi connectivity index (χ3v) is 6.51. The highest BCUT2D eigenvalue weighted by molar-refractivity contribution is 7.88. The molecular weight excluding hydrogens is 454 g/mol. The first kappa shape index (κ1) is 27.5. The highest BCUT2D eigenvalue weighted by Gasteiger charge is 2.29. The number of sulfonamides is 1. The van der Waals surface area contributed by atoms with Crippen LogP contribution >= 0.6 is 0 Å². The second-order valence-electron chi connectivity index (χ2n) is 8.04. The molecule has 0 heterocycles. The van der Waals surface area contributed by atoms with E-state index >= 15 is 0 Å². The number of carbonyl (C=O) groups is 2. The summed E-state index contributed by atoms with van der Waals surface area (Å²) in [5.41, 5.74) is 1.62. The predicted octanol–water partition coefficient (Wildman–Crippen LogP) is 2.41. The van der Waals surface area contributed by atoms with Gasteiger partial charge in [-0.1, -0.05) is 60.7 Å². The zero-order valence-corrected chi connectivity index (χ0v) is 21.0. The Kier molecular flexibility index (Phi) is 11.2. The molecule has 0 saturated carbocycles. The van der Waals surface area contributed by atoms with Gasteiger partial charge in [0.1, 0.15) is 6.04 Å². The van der Waals surface area contributed by atoms with E-state index in [1.165, 1.54) is 4.90 Å². The summed E-state index contributed by atoms with van der Waals surface area (Å²) >= 11 is 0. The van der Waals surface area contributed by atoms with Crippen molar-refractivity contribution < 1.29 is 22.7 Å². The van der Waals surface area contributed by atoms with Gasteiger partial charge in [0, 0.05) is 32.8 Å². The van der Waals surface area contributed by atoms with Gasteiger partial charge in [-0.25, -0.2) is 8.42 Å². The molecule has 34 heavy (non-hydrogen) atoms. The summed E-state index contributed by atoms with van der Waals surface area (Å²) in [6, 6.07) is 17.6. The van der Waals surface area contributed by atoms with Gasteiger partial charge in [-0.2, -0.15) is 4.31 Å². The van der Waals surface area contributed by atoms with Crippen LogP contribution in [0.5, 0.6) is 0 Å². The predicted molar refractivity (Wildman–Crippen MR) is 132 cm³/mol. The smallest absolute Gasteiger partial charge is 0.242 e. The average molecular weight is 490 g/mol. The van der Waals surface area contributed by atoms with Gasteiger partial charge in [0.2, 0.25) is 21.8 Å². The van der Waals surface area contributed by atoms with Crippen LogP contribution in [0.4, 0.5) is 0 Å². The molecule has 0 aliphatic carbocycles. The normalized spacial score (nSPS) is 12.4. The fourth-order valence-corrected chi connectivity index (χ4v) is 4.09. The van der Waals surface area contributed by atoms with Crippen molar-refractivity contribution in [3.8, 4) is 0 Å². The molecule has 186 valence electrons. The van der Waals surface area contributed by atoms with Gasteiger partial charge in [0.25, 0.3) is 0 Å². The lowest BCUT2D eigenvalue weighted by Crippen LogP contribution is -2.51. The van der Waals surface area contributed by atoms with E-state index in [4.69, 9.17) is 4.74 Å². The molecule has 1 N–H and O–H groups in total. The molecule has 2 amide bonds. The van der Waals surface area contributed by atoms with Gasteiger partial charge in [-0.15, -0.1) is 0 Å². The van der Waals surface area contributed by atoms with Crippen molar-refractivity contribution in [1.82, 2.24) is 14.5 Å². The van der Waals surface area contributed by atoms with Crippen molar-refractivity contribution in [1.29, 1.82) is 0 Å². The minimum atomic E-state index is -3.66. The zero-order valence-electron chi connectivity index (χ0n) is 20.1. The molecule has 0 aliphatic rings. The fraction of sp³-hybridized carbons (Fsp3) is 0.440. The summed E-state index contributed by atoms with van der Waals surface area (Å²) < 4.78 is 31.3. The van der Waals surface area contributed by atoms with Crippen LogP contribution in [-0.2, 0) is 37.4 Å². The molecule has 0 unspecified atom stereocenters. The first-order chi connectivity index (χ1) is 16.2. The monoisotopic (exact) mass is 489 g/mol. The number of hydrogen-bond acceptors (Lipinski definition) is 5. The molecule has 1 atom stereocenters. The molecule has 9 heteroatoms. The Balaban J connectivity index is 2.17. The van der Waals surface area contributed by atoms with Gasteiger partial charge in [-0.3, -0.25) is 9.59 Å². The van der Waals surface area contributed by atoms with E-state index in [0.29, 0.717) is 26.2 Å². The van der Waals surface area contributed by atoms with E-state index in [2.05, 4.69) is 5.32 Å². The second-order valence-corrected chi connectivity index (χ2v) is 10.0. The van der Waals surface area contributed by atoms with Crippen LogP contribution in [0.15, 0.2) is 60.7 Å². The number of rotatable bonds is 14. The van der Waals surface area contributed by atoms with Gasteiger partial charge in [0.05, 0.1) is 12.8 Å². The van der Waals surface area contributed by atoms with Gasteiger partial charge in [-0.05, 0) is 31.4 Å². The maximum absolute atomic E-state index is 13.4. The number of ether oxygens (including phenoxy) is 1. The molecule has 0 aliphatic heterocycles. The Morgan fingerprint density at radius 3 is 2.06 bits per heavy atom. The highest BCUT2D eigenvalue weighted by atomic mass is 32.2.